The van der Waals surface area contributed by atoms with Crippen molar-refractivity contribution >= 4 is 0 Å². The molecule has 1 fully saturated rings. The average Bonchev–Trinajstić information content (AvgIpc) is 2.87. The largest absolute Gasteiger partial charge is 0.377 e. The van der Waals surface area contributed by atoms with Crippen molar-refractivity contribution in [2.75, 3.05) is 20.2 Å². The predicted octanol–water partition coefficient (Wildman–Crippen LogP) is 2.80. The molecule has 1 aromatic carbocycles. The summed E-state index contributed by atoms with van der Waals surface area (Å²) in [7, 11) is 2.21. The van der Waals surface area contributed by atoms with Crippen LogP contribution in [0.25, 0.3) is 0 Å². The van der Waals surface area contributed by atoms with E-state index in [2.05, 4.69) is 55.4 Å². The van der Waals surface area contributed by atoms with Gasteiger partial charge in [0.15, 0.2) is 0 Å². The van der Waals surface area contributed by atoms with Crippen LogP contribution in [-0.4, -0.2) is 37.2 Å². The smallest absolute Gasteiger partial charge is 0.0703 e. The van der Waals surface area contributed by atoms with E-state index in [1.807, 2.05) is 0 Å². The van der Waals surface area contributed by atoms with Crippen LogP contribution in [-0.2, 0) is 17.8 Å². The van der Waals surface area contributed by atoms with Gasteiger partial charge in [-0.3, -0.25) is 4.90 Å². The molecule has 1 aromatic rings. The Morgan fingerprint density at radius 2 is 2.05 bits per heavy atom. The third kappa shape index (κ3) is 4.05. The van der Waals surface area contributed by atoms with Gasteiger partial charge in [-0.2, -0.15) is 0 Å². The van der Waals surface area contributed by atoms with Crippen molar-refractivity contribution in [2.24, 2.45) is 0 Å². The van der Waals surface area contributed by atoms with Crippen molar-refractivity contribution < 1.29 is 4.74 Å². The van der Waals surface area contributed by atoms with E-state index in [-0.39, 0.29) is 0 Å². The molecule has 3 nitrogen and oxygen atoms in total. The van der Waals surface area contributed by atoms with Gasteiger partial charge in [0.2, 0.25) is 0 Å². The number of nitrogens with zero attached hydrogens (tertiary/aromatic N) is 1. The number of hydrogen-bond donors (Lipinski definition) is 1. The monoisotopic (exact) mass is 276 g/mol. The van der Waals surface area contributed by atoms with Gasteiger partial charge in [-0.1, -0.05) is 31.2 Å². The summed E-state index contributed by atoms with van der Waals surface area (Å²) in [6.07, 6.45) is 2.68. The Bertz CT molecular complexity index is 408. The molecular formula is C17H28N2O. The minimum atomic E-state index is 0.352. The predicted molar refractivity (Wildman–Crippen MR) is 83.7 cm³/mol. The molecule has 0 aromatic heterocycles. The van der Waals surface area contributed by atoms with Crippen molar-refractivity contribution in [3.05, 3.63) is 35.4 Å². The number of hydrogen-bond acceptors (Lipinski definition) is 3. The highest BCUT2D eigenvalue weighted by Gasteiger charge is 2.27. The summed E-state index contributed by atoms with van der Waals surface area (Å²) in [6, 6.07) is 9.31. The van der Waals surface area contributed by atoms with Crippen molar-refractivity contribution in [3.8, 4) is 0 Å². The van der Waals surface area contributed by atoms with Crippen LogP contribution in [0.2, 0.25) is 0 Å². The molecule has 0 spiro atoms. The third-order valence-electron chi connectivity index (χ3n) is 4.18. The van der Waals surface area contributed by atoms with E-state index in [1.54, 1.807) is 0 Å². The van der Waals surface area contributed by atoms with Crippen LogP contribution < -0.4 is 5.32 Å². The fraction of sp³-hybridized carbons (Fsp3) is 0.647. The third-order valence-corrected chi connectivity index (χ3v) is 4.18. The second kappa shape index (κ2) is 7.77. The maximum Gasteiger partial charge on any atom is 0.0703 e. The van der Waals surface area contributed by atoms with Crippen LogP contribution in [0, 0.1) is 0 Å². The summed E-state index contributed by atoms with van der Waals surface area (Å²) in [5.74, 6) is 0. The zero-order valence-corrected chi connectivity index (χ0v) is 13.1. The molecule has 112 valence electrons. The van der Waals surface area contributed by atoms with E-state index in [9.17, 15) is 0 Å². The van der Waals surface area contributed by atoms with Gasteiger partial charge >= 0.3 is 0 Å². The first kappa shape index (κ1) is 15.5. The van der Waals surface area contributed by atoms with Crippen LogP contribution in [0.1, 0.15) is 37.8 Å². The van der Waals surface area contributed by atoms with Gasteiger partial charge in [0.05, 0.1) is 6.10 Å². The average molecular weight is 276 g/mol. The molecule has 3 heteroatoms. The number of ether oxygens (including phenoxy) is 1. The normalized spacial score (nSPS) is 22.6. The molecule has 2 atom stereocenters. The van der Waals surface area contributed by atoms with Crippen molar-refractivity contribution in [2.45, 2.75) is 51.9 Å². The number of rotatable bonds is 7. The van der Waals surface area contributed by atoms with E-state index < -0.39 is 0 Å². The number of benzene rings is 1. The van der Waals surface area contributed by atoms with E-state index >= 15 is 0 Å². The lowest BCUT2D eigenvalue weighted by molar-refractivity contribution is 0.0813. The highest BCUT2D eigenvalue weighted by atomic mass is 16.5. The molecule has 0 bridgehead atoms. The molecule has 1 heterocycles. The van der Waals surface area contributed by atoms with Crippen LogP contribution in [0.5, 0.6) is 0 Å². The summed E-state index contributed by atoms with van der Waals surface area (Å²) in [6.45, 7) is 8.33. The zero-order valence-electron chi connectivity index (χ0n) is 13.1. The van der Waals surface area contributed by atoms with E-state index in [4.69, 9.17) is 4.74 Å². The maximum absolute atomic E-state index is 5.68. The minimum absolute atomic E-state index is 0.352. The summed E-state index contributed by atoms with van der Waals surface area (Å²) in [5.41, 5.74) is 2.84. The second-order valence-corrected chi connectivity index (χ2v) is 5.79. The van der Waals surface area contributed by atoms with Crippen LogP contribution >= 0.6 is 0 Å². The quantitative estimate of drug-likeness (QED) is 0.775. The molecule has 1 saturated heterocycles. The fourth-order valence-corrected chi connectivity index (χ4v) is 2.97. The number of likely N-dealkylation sites (N-methyl/N-ethyl adjacent to an activating group) is 1. The van der Waals surface area contributed by atoms with Crippen LogP contribution in [0.15, 0.2) is 24.3 Å². The molecular weight excluding hydrogens is 248 g/mol. The standard InChI is InChI=1S/C17H28N2O/c1-4-10-18-12-15-7-5-6-8-16(15)13-19(3)17-9-11-20-14(17)2/h5-8,14,17-18H,4,9-13H2,1-3H3. The summed E-state index contributed by atoms with van der Waals surface area (Å²) >= 11 is 0. The van der Waals surface area contributed by atoms with Crippen molar-refractivity contribution in [3.63, 3.8) is 0 Å². The van der Waals surface area contributed by atoms with Gasteiger partial charge in [0.1, 0.15) is 0 Å². The molecule has 2 unspecified atom stereocenters. The molecule has 1 aliphatic heterocycles. The Balaban J connectivity index is 1.97. The summed E-state index contributed by atoms with van der Waals surface area (Å²) in [4.78, 5) is 2.44. The summed E-state index contributed by atoms with van der Waals surface area (Å²) in [5, 5.41) is 3.50. The highest BCUT2D eigenvalue weighted by molar-refractivity contribution is 5.27. The van der Waals surface area contributed by atoms with Gasteiger partial charge in [-0.15, -0.1) is 0 Å². The van der Waals surface area contributed by atoms with Crippen molar-refractivity contribution in [1.29, 1.82) is 0 Å². The molecule has 0 saturated carbocycles. The van der Waals surface area contributed by atoms with Gasteiger partial charge in [-0.05, 0) is 44.5 Å². The van der Waals surface area contributed by atoms with E-state index in [0.29, 0.717) is 12.1 Å². The lowest BCUT2D eigenvalue weighted by Crippen LogP contribution is -2.36. The topological polar surface area (TPSA) is 24.5 Å². The van der Waals surface area contributed by atoms with Crippen LogP contribution in [0.3, 0.4) is 0 Å². The van der Waals surface area contributed by atoms with Crippen molar-refractivity contribution in [1.82, 2.24) is 10.2 Å². The Morgan fingerprint density at radius 3 is 2.70 bits per heavy atom. The summed E-state index contributed by atoms with van der Waals surface area (Å²) < 4.78 is 5.68. The molecule has 1 N–H and O–H groups in total. The molecule has 0 amide bonds. The van der Waals surface area contributed by atoms with Gasteiger partial charge in [0.25, 0.3) is 0 Å². The van der Waals surface area contributed by atoms with E-state index in [1.165, 1.54) is 17.5 Å². The second-order valence-electron chi connectivity index (χ2n) is 5.79. The Kier molecular flexibility index (Phi) is 6.02. The fourth-order valence-electron chi connectivity index (χ4n) is 2.97. The molecule has 2 rings (SSSR count). The maximum atomic E-state index is 5.68. The Hall–Kier alpha value is -0.900. The first-order valence-corrected chi connectivity index (χ1v) is 7.81. The SMILES string of the molecule is CCCNCc1ccccc1CN(C)C1CCOC1C. The molecule has 0 aliphatic carbocycles. The Morgan fingerprint density at radius 1 is 1.30 bits per heavy atom. The Labute approximate surface area is 123 Å². The van der Waals surface area contributed by atoms with E-state index in [0.717, 1.165) is 32.7 Å². The lowest BCUT2D eigenvalue weighted by Gasteiger charge is -2.27. The highest BCUT2D eigenvalue weighted by Crippen LogP contribution is 2.21. The lowest BCUT2D eigenvalue weighted by atomic mass is 10.0. The van der Waals surface area contributed by atoms with Crippen LogP contribution in [0.4, 0.5) is 0 Å². The van der Waals surface area contributed by atoms with Gasteiger partial charge in [0, 0.05) is 25.7 Å². The van der Waals surface area contributed by atoms with Gasteiger partial charge in [-0.25, -0.2) is 0 Å². The van der Waals surface area contributed by atoms with Gasteiger partial charge < -0.3 is 10.1 Å². The zero-order chi connectivity index (χ0) is 14.4. The number of nitrogens with one attached hydrogen (secondary N) is 1. The minimum Gasteiger partial charge on any atom is -0.377 e. The molecule has 0 radical (unpaired) electrons. The first-order chi connectivity index (χ1) is 9.72. The molecule has 1 aliphatic rings. The first-order valence-electron chi connectivity index (χ1n) is 7.81. The molecule has 20 heavy (non-hydrogen) atoms.